The van der Waals surface area contributed by atoms with Crippen LogP contribution in [0.5, 0.6) is 5.75 Å². The molecular weight excluding hydrogens is 384 g/mol. The minimum absolute atomic E-state index is 0.00422. The minimum Gasteiger partial charge on any atom is -0.497 e. The van der Waals surface area contributed by atoms with Crippen LogP contribution in [-0.2, 0) is 18.3 Å². The van der Waals surface area contributed by atoms with Crippen molar-refractivity contribution in [2.45, 2.75) is 31.0 Å². The molecule has 0 aliphatic heterocycles. The first-order chi connectivity index (χ1) is 14.1. The van der Waals surface area contributed by atoms with E-state index in [9.17, 15) is 4.79 Å². The van der Waals surface area contributed by atoms with Gasteiger partial charge < -0.3 is 14.6 Å². The lowest BCUT2D eigenvalue weighted by molar-refractivity contribution is -0.119. The SMILES string of the molecule is COc1ccc(-c2nnc(SCC(=O)N[C@H](C)CCc3ccccc3)n2C)cc1. The number of benzene rings is 2. The Hall–Kier alpha value is -2.80. The van der Waals surface area contributed by atoms with Gasteiger partial charge in [-0.05, 0) is 49.6 Å². The lowest BCUT2D eigenvalue weighted by atomic mass is 10.1. The summed E-state index contributed by atoms with van der Waals surface area (Å²) < 4.78 is 7.09. The number of rotatable bonds is 9. The zero-order chi connectivity index (χ0) is 20.6. The van der Waals surface area contributed by atoms with Crippen LogP contribution in [0.1, 0.15) is 18.9 Å². The van der Waals surface area contributed by atoms with Crippen LogP contribution in [-0.4, -0.2) is 39.6 Å². The van der Waals surface area contributed by atoms with Crippen molar-refractivity contribution in [2.24, 2.45) is 7.05 Å². The third-order valence-corrected chi connectivity index (χ3v) is 5.65. The molecular formula is C22H26N4O2S. The Morgan fingerprint density at radius 1 is 1.14 bits per heavy atom. The normalized spacial score (nSPS) is 11.8. The summed E-state index contributed by atoms with van der Waals surface area (Å²) >= 11 is 1.39. The van der Waals surface area contributed by atoms with E-state index in [-0.39, 0.29) is 11.9 Å². The van der Waals surface area contributed by atoms with Gasteiger partial charge in [-0.3, -0.25) is 4.79 Å². The highest BCUT2D eigenvalue weighted by molar-refractivity contribution is 7.99. The van der Waals surface area contributed by atoms with Crippen LogP contribution in [0, 0.1) is 0 Å². The molecule has 0 unspecified atom stereocenters. The zero-order valence-corrected chi connectivity index (χ0v) is 17.8. The van der Waals surface area contributed by atoms with Crippen molar-refractivity contribution < 1.29 is 9.53 Å². The largest absolute Gasteiger partial charge is 0.497 e. The van der Waals surface area contributed by atoms with E-state index in [2.05, 4.69) is 27.6 Å². The first kappa shape index (κ1) is 20.9. The minimum atomic E-state index is 0.00422. The van der Waals surface area contributed by atoms with E-state index in [1.54, 1.807) is 7.11 Å². The lowest BCUT2D eigenvalue weighted by Crippen LogP contribution is -2.34. The Kier molecular flexibility index (Phi) is 7.30. The summed E-state index contributed by atoms with van der Waals surface area (Å²) in [6.07, 6.45) is 1.86. The van der Waals surface area contributed by atoms with Crippen LogP contribution in [0.4, 0.5) is 0 Å². The maximum atomic E-state index is 12.3. The van der Waals surface area contributed by atoms with E-state index in [1.807, 2.05) is 61.0 Å². The maximum absolute atomic E-state index is 12.3. The Morgan fingerprint density at radius 3 is 2.55 bits per heavy atom. The first-order valence-electron chi connectivity index (χ1n) is 9.56. The Labute approximate surface area is 175 Å². The molecule has 1 amide bonds. The average molecular weight is 411 g/mol. The number of hydrogen-bond acceptors (Lipinski definition) is 5. The molecule has 0 radical (unpaired) electrons. The average Bonchev–Trinajstić information content (AvgIpc) is 3.12. The molecule has 1 heterocycles. The van der Waals surface area contributed by atoms with Crippen LogP contribution < -0.4 is 10.1 Å². The molecule has 2 aromatic carbocycles. The van der Waals surface area contributed by atoms with Crippen molar-refractivity contribution in [2.75, 3.05) is 12.9 Å². The van der Waals surface area contributed by atoms with Crippen molar-refractivity contribution in [1.29, 1.82) is 0 Å². The molecule has 1 atom stereocenters. The van der Waals surface area contributed by atoms with Crippen LogP contribution in [0.15, 0.2) is 59.8 Å². The van der Waals surface area contributed by atoms with Gasteiger partial charge in [0.15, 0.2) is 11.0 Å². The molecule has 7 heteroatoms. The van der Waals surface area contributed by atoms with Crippen molar-refractivity contribution in [3.8, 4) is 17.1 Å². The van der Waals surface area contributed by atoms with Gasteiger partial charge >= 0.3 is 0 Å². The number of carbonyl (C=O) groups is 1. The predicted octanol–water partition coefficient (Wildman–Crippen LogP) is 3.72. The van der Waals surface area contributed by atoms with Gasteiger partial charge in [-0.25, -0.2) is 0 Å². The number of thioether (sulfide) groups is 1. The topological polar surface area (TPSA) is 69.0 Å². The van der Waals surface area contributed by atoms with E-state index in [0.717, 1.165) is 30.0 Å². The molecule has 29 heavy (non-hydrogen) atoms. The summed E-state index contributed by atoms with van der Waals surface area (Å²) in [6.45, 7) is 2.04. The van der Waals surface area contributed by atoms with Gasteiger partial charge in [0.1, 0.15) is 5.75 Å². The standard InChI is InChI=1S/C22H26N4O2S/c1-16(9-10-17-7-5-4-6-8-17)23-20(27)15-29-22-25-24-21(26(22)2)18-11-13-19(28-3)14-12-18/h4-8,11-14,16H,9-10,15H2,1-3H3,(H,23,27)/t16-/m1/s1. The van der Waals surface area contributed by atoms with Gasteiger partial charge in [-0.2, -0.15) is 0 Å². The summed E-state index contributed by atoms with van der Waals surface area (Å²) in [7, 11) is 3.54. The summed E-state index contributed by atoms with van der Waals surface area (Å²) in [5, 5.41) is 12.3. The molecule has 0 saturated carbocycles. The highest BCUT2D eigenvalue weighted by atomic mass is 32.2. The lowest BCUT2D eigenvalue weighted by Gasteiger charge is -2.13. The number of ether oxygens (including phenoxy) is 1. The molecule has 3 aromatic rings. The number of nitrogens with zero attached hydrogens (tertiary/aromatic N) is 3. The zero-order valence-electron chi connectivity index (χ0n) is 17.0. The summed E-state index contributed by atoms with van der Waals surface area (Å²) in [4.78, 5) is 12.3. The molecule has 0 spiro atoms. The number of carbonyl (C=O) groups excluding carboxylic acids is 1. The molecule has 1 N–H and O–H groups in total. The van der Waals surface area contributed by atoms with Gasteiger partial charge in [-0.1, -0.05) is 42.1 Å². The Bertz CT molecular complexity index is 926. The van der Waals surface area contributed by atoms with E-state index < -0.39 is 0 Å². The van der Waals surface area contributed by atoms with Gasteiger partial charge in [0.2, 0.25) is 5.91 Å². The number of hydrogen-bond donors (Lipinski definition) is 1. The van der Waals surface area contributed by atoms with E-state index in [0.29, 0.717) is 10.9 Å². The first-order valence-corrected chi connectivity index (χ1v) is 10.5. The van der Waals surface area contributed by atoms with E-state index >= 15 is 0 Å². The molecule has 0 fully saturated rings. The quantitative estimate of drug-likeness (QED) is 0.545. The third-order valence-electron chi connectivity index (χ3n) is 4.63. The fraction of sp³-hybridized carbons (Fsp3) is 0.318. The van der Waals surface area contributed by atoms with Crippen molar-refractivity contribution >= 4 is 17.7 Å². The van der Waals surface area contributed by atoms with Crippen LogP contribution in [0.25, 0.3) is 11.4 Å². The summed E-state index contributed by atoms with van der Waals surface area (Å²) in [5.41, 5.74) is 2.24. The third kappa shape index (κ3) is 5.84. The Morgan fingerprint density at radius 2 is 1.86 bits per heavy atom. The number of aryl methyl sites for hydroxylation is 1. The number of methoxy groups -OCH3 is 1. The molecule has 6 nitrogen and oxygen atoms in total. The van der Waals surface area contributed by atoms with Crippen LogP contribution in [0.3, 0.4) is 0 Å². The molecule has 0 aliphatic rings. The highest BCUT2D eigenvalue weighted by Gasteiger charge is 2.14. The fourth-order valence-corrected chi connectivity index (χ4v) is 3.70. The van der Waals surface area contributed by atoms with Crippen molar-refractivity contribution in [3.63, 3.8) is 0 Å². The molecule has 152 valence electrons. The van der Waals surface area contributed by atoms with E-state index in [1.165, 1.54) is 17.3 Å². The molecule has 0 saturated heterocycles. The highest BCUT2D eigenvalue weighted by Crippen LogP contribution is 2.24. The van der Waals surface area contributed by atoms with Gasteiger partial charge in [-0.15, -0.1) is 10.2 Å². The second kappa shape index (κ2) is 10.1. The molecule has 3 rings (SSSR count). The molecule has 0 aliphatic carbocycles. The smallest absolute Gasteiger partial charge is 0.230 e. The second-order valence-electron chi connectivity index (χ2n) is 6.88. The van der Waals surface area contributed by atoms with Crippen molar-refractivity contribution in [3.05, 3.63) is 60.2 Å². The van der Waals surface area contributed by atoms with Crippen molar-refractivity contribution in [1.82, 2.24) is 20.1 Å². The monoisotopic (exact) mass is 410 g/mol. The predicted molar refractivity (Wildman–Crippen MR) is 116 cm³/mol. The summed E-state index contributed by atoms with van der Waals surface area (Å²) in [5.74, 6) is 1.87. The summed E-state index contributed by atoms with van der Waals surface area (Å²) in [6, 6.07) is 18.1. The molecule has 1 aromatic heterocycles. The number of nitrogens with one attached hydrogen (secondary N) is 1. The van der Waals surface area contributed by atoms with Crippen LogP contribution in [0.2, 0.25) is 0 Å². The van der Waals surface area contributed by atoms with Gasteiger partial charge in [0.05, 0.1) is 12.9 Å². The number of amides is 1. The maximum Gasteiger partial charge on any atom is 0.230 e. The van der Waals surface area contributed by atoms with Gasteiger partial charge in [0, 0.05) is 18.7 Å². The molecule has 0 bridgehead atoms. The van der Waals surface area contributed by atoms with E-state index in [4.69, 9.17) is 4.74 Å². The number of aromatic nitrogens is 3. The van der Waals surface area contributed by atoms with Crippen LogP contribution >= 0.6 is 11.8 Å². The fourth-order valence-electron chi connectivity index (χ4n) is 2.98. The second-order valence-corrected chi connectivity index (χ2v) is 7.82. The Balaban J connectivity index is 1.49. The van der Waals surface area contributed by atoms with Gasteiger partial charge in [0.25, 0.3) is 0 Å².